The smallest absolute Gasteiger partial charge is 0.0795 e. The second kappa shape index (κ2) is 3.72. The lowest BCUT2D eigenvalue weighted by atomic mass is 10.4. The van der Waals surface area contributed by atoms with Crippen LogP contribution in [0.1, 0.15) is 11.3 Å². The van der Waals surface area contributed by atoms with Crippen LogP contribution in [0, 0.1) is 0 Å². The first-order valence-electron chi connectivity index (χ1n) is 4.01. The van der Waals surface area contributed by atoms with Gasteiger partial charge in [-0.15, -0.1) is 11.3 Å². The second-order valence-electron chi connectivity index (χ2n) is 2.83. The molecule has 0 bridgehead atoms. The summed E-state index contributed by atoms with van der Waals surface area (Å²) in [5.41, 5.74) is 3.83. The molecule has 2 rings (SSSR count). The predicted molar refractivity (Wildman–Crippen MR) is 51.6 cm³/mol. The van der Waals surface area contributed by atoms with Gasteiger partial charge in [-0.2, -0.15) is 0 Å². The number of nitrogens with zero attached hydrogens (tertiary/aromatic N) is 2. The SMILES string of the molecule is OCc1ccn(Cc2cscn2)c1. The maximum Gasteiger partial charge on any atom is 0.0795 e. The zero-order chi connectivity index (χ0) is 9.10. The van der Waals surface area contributed by atoms with Crippen LogP contribution in [0.2, 0.25) is 0 Å². The molecule has 2 aromatic rings. The van der Waals surface area contributed by atoms with E-state index in [2.05, 4.69) is 4.98 Å². The highest BCUT2D eigenvalue weighted by Crippen LogP contribution is 2.06. The van der Waals surface area contributed by atoms with Crippen molar-refractivity contribution >= 4 is 11.3 Å². The van der Waals surface area contributed by atoms with Crippen LogP contribution in [-0.4, -0.2) is 14.7 Å². The number of aromatic nitrogens is 2. The minimum atomic E-state index is 0.101. The number of hydrogen-bond acceptors (Lipinski definition) is 3. The maximum absolute atomic E-state index is 8.85. The Bertz CT molecular complexity index is 367. The van der Waals surface area contributed by atoms with E-state index in [1.807, 2.05) is 33.9 Å². The molecule has 0 fully saturated rings. The van der Waals surface area contributed by atoms with E-state index in [1.54, 1.807) is 11.3 Å². The third-order valence-electron chi connectivity index (χ3n) is 1.82. The van der Waals surface area contributed by atoms with E-state index in [4.69, 9.17) is 5.11 Å². The average molecular weight is 194 g/mol. The summed E-state index contributed by atoms with van der Waals surface area (Å²) in [6.07, 6.45) is 3.88. The fraction of sp³-hybridized carbons (Fsp3) is 0.222. The van der Waals surface area contributed by atoms with Gasteiger partial charge in [-0.25, -0.2) is 4.98 Å². The first-order valence-corrected chi connectivity index (χ1v) is 4.95. The third-order valence-corrected chi connectivity index (χ3v) is 2.46. The van der Waals surface area contributed by atoms with Gasteiger partial charge in [-0.3, -0.25) is 0 Å². The van der Waals surface area contributed by atoms with Crippen LogP contribution in [-0.2, 0) is 13.2 Å². The molecular weight excluding hydrogens is 184 g/mol. The van der Waals surface area contributed by atoms with Crippen molar-refractivity contribution in [2.45, 2.75) is 13.2 Å². The van der Waals surface area contributed by atoms with Crippen LogP contribution in [0.25, 0.3) is 0 Å². The molecule has 0 aliphatic carbocycles. The zero-order valence-electron chi connectivity index (χ0n) is 7.05. The molecule has 0 aliphatic heterocycles. The van der Waals surface area contributed by atoms with E-state index in [-0.39, 0.29) is 6.61 Å². The number of aliphatic hydroxyl groups is 1. The third kappa shape index (κ3) is 1.96. The molecule has 0 spiro atoms. The Kier molecular flexibility index (Phi) is 2.42. The van der Waals surface area contributed by atoms with E-state index < -0.39 is 0 Å². The largest absolute Gasteiger partial charge is 0.392 e. The van der Waals surface area contributed by atoms with Crippen molar-refractivity contribution in [1.82, 2.24) is 9.55 Å². The standard InChI is InChI=1S/C9H10N2OS/c12-5-8-1-2-11(3-8)4-9-6-13-7-10-9/h1-3,6-7,12H,4-5H2. The topological polar surface area (TPSA) is 38.0 Å². The second-order valence-corrected chi connectivity index (χ2v) is 3.55. The van der Waals surface area contributed by atoms with Crippen LogP contribution in [0.5, 0.6) is 0 Å². The minimum Gasteiger partial charge on any atom is -0.392 e. The Morgan fingerprint density at radius 3 is 3.08 bits per heavy atom. The lowest BCUT2D eigenvalue weighted by Gasteiger charge is -1.97. The fourth-order valence-corrected chi connectivity index (χ4v) is 1.73. The Morgan fingerprint density at radius 2 is 2.46 bits per heavy atom. The number of thiazole rings is 1. The van der Waals surface area contributed by atoms with Gasteiger partial charge in [0.15, 0.2) is 0 Å². The summed E-state index contributed by atoms with van der Waals surface area (Å²) in [6, 6.07) is 1.91. The number of aliphatic hydroxyl groups excluding tert-OH is 1. The highest BCUT2D eigenvalue weighted by Gasteiger charge is 1.97. The van der Waals surface area contributed by atoms with Gasteiger partial charge >= 0.3 is 0 Å². The van der Waals surface area contributed by atoms with Gasteiger partial charge in [-0.1, -0.05) is 0 Å². The van der Waals surface area contributed by atoms with E-state index in [0.29, 0.717) is 0 Å². The van der Waals surface area contributed by atoms with Crippen LogP contribution in [0.3, 0.4) is 0 Å². The molecule has 0 saturated heterocycles. The Morgan fingerprint density at radius 1 is 1.54 bits per heavy atom. The van der Waals surface area contributed by atoms with Crippen LogP contribution in [0.4, 0.5) is 0 Å². The van der Waals surface area contributed by atoms with Crippen LogP contribution < -0.4 is 0 Å². The molecular formula is C9H10N2OS. The summed E-state index contributed by atoms with van der Waals surface area (Å²) >= 11 is 1.60. The molecule has 13 heavy (non-hydrogen) atoms. The molecule has 0 amide bonds. The molecule has 0 radical (unpaired) electrons. The highest BCUT2D eigenvalue weighted by molar-refractivity contribution is 7.07. The molecule has 2 aromatic heterocycles. The van der Waals surface area contributed by atoms with Gasteiger partial charge in [-0.05, 0) is 11.6 Å². The Labute approximate surface area is 80.3 Å². The summed E-state index contributed by atoms with van der Waals surface area (Å²) in [5.74, 6) is 0. The first-order chi connectivity index (χ1) is 6.38. The first kappa shape index (κ1) is 8.47. The quantitative estimate of drug-likeness (QED) is 0.803. The zero-order valence-corrected chi connectivity index (χ0v) is 7.87. The molecule has 0 atom stereocenters. The van der Waals surface area contributed by atoms with Crippen molar-refractivity contribution in [3.8, 4) is 0 Å². The molecule has 1 N–H and O–H groups in total. The summed E-state index contributed by atoms with van der Waals surface area (Å²) in [6.45, 7) is 0.883. The van der Waals surface area contributed by atoms with E-state index >= 15 is 0 Å². The van der Waals surface area contributed by atoms with Gasteiger partial charge < -0.3 is 9.67 Å². The minimum absolute atomic E-state index is 0.101. The van der Waals surface area contributed by atoms with Gasteiger partial charge in [0.25, 0.3) is 0 Å². The van der Waals surface area contributed by atoms with Crippen molar-refractivity contribution in [2.75, 3.05) is 0 Å². The molecule has 4 heteroatoms. The van der Waals surface area contributed by atoms with Crippen LogP contribution in [0.15, 0.2) is 29.4 Å². The van der Waals surface area contributed by atoms with Crippen molar-refractivity contribution in [2.24, 2.45) is 0 Å². The fourth-order valence-electron chi connectivity index (χ4n) is 1.19. The molecule has 0 aromatic carbocycles. The van der Waals surface area contributed by atoms with Gasteiger partial charge in [0.1, 0.15) is 0 Å². The van der Waals surface area contributed by atoms with E-state index in [9.17, 15) is 0 Å². The lowest BCUT2D eigenvalue weighted by molar-refractivity contribution is 0.282. The molecule has 68 valence electrons. The van der Waals surface area contributed by atoms with Crippen molar-refractivity contribution in [3.63, 3.8) is 0 Å². The molecule has 0 aliphatic rings. The summed E-state index contributed by atoms with van der Waals surface area (Å²) < 4.78 is 2.01. The maximum atomic E-state index is 8.85. The monoisotopic (exact) mass is 194 g/mol. The van der Waals surface area contributed by atoms with E-state index in [0.717, 1.165) is 17.8 Å². The van der Waals surface area contributed by atoms with Crippen LogP contribution >= 0.6 is 11.3 Å². The summed E-state index contributed by atoms with van der Waals surface area (Å²) in [4.78, 5) is 4.18. The summed E-state index contributed by atoms with van der Waals surface area (Å²) in [7, 11) is 0. The normalized spacial score (nSPS) is 10.5. The molecule has 3 nitrogen and oxygen atoms in total. The number of rotatable bonds is 3. The van der Waals surface area contributed by atoms with Crippen molar-refractivity contribution in [3.05, 3.63) is 40.6 Å². The highest BCUT2D eigenvalue weighted by atomic mass is 32.1. The lowest BCUT2D eigenvalue weighted by Crippen LogP contribution is -1.95. The van der Waals surface area contributed by atoms with Gasteiger partial charge in [0.2, 0.25) is 0 Å². The summed E-state index contributed by atoms with van der Waals surface area (Å²) in [5, 5.41) is 10.9. The Balaban J connectivity index is 2.10. The van der Waals surface area contributed by atoms with Crippen molar-refractivity contribution in [1.29, 1.82) is 0 Å². The molecule has 0 saturated carbocycles. The molecule has 0 unspecified atom stereocenters. The number of hydrogen-bond donors (Lipinski definition) is 1. The Hall–Kier alpha value is -1.13. The van der Waals surface area contributed by atoms with E-state index in [1.165, 1.54) is 0 Å². The average Bonchev–Trinajstić information content (AvgIpc) is 2.76. The molecule has 2 heterocycles. The van der Waals surface area contributed by atoms with Crippen molar-refractivity contribution < 1.29 is 5.11 Å². The van der Waals surface area contributed by atoms with Gasteiger partial charge in [0, 0.05) is 17.8 Å². The predicted octanol–water partition coefficient (Wildman–Crippen LogP) is 1.49. The van der Waals surface area contributed by atoms with Gasteiger partial charge in [0.05, 0.1) is 24.4 Å².